The van der Waals surface area contributed by atoms with Gasteiger partial charge in [-0.3, -0.25) is 14.9 Å². The first-order valence-electron chi connectivity index (χ1n) is 9.86. The fourth-order valence-corrected chi connectivity index (χ4v) is 3.36. The number of carbonyl (C=O) groups excluding carboxylic acids is 1. The molecular weight excluding hydrogens is 448 g/mol. The molecule has 8 nitrogen and oxygen atoms in total. The highest BCUT2D eigenvalue weighted by Crippen LogP contribution is 2.30. The lowest BCUT2D eigenvalue weighted by Gasteiger charge is -2.10. The second-order valence-electron chi connectivity index (χ2n) is 7.13. The van der Waals surface area contributed by atoms with Gasteiger partial charge in [-0.25, -0.2) is 4.79 Å². The minimum absolute atomic E-state index is 0.0453. The molecule has 1 amide bonds. The van der Waals surface area contributed by atoms with Crippen molar-refractivity contribution in [1.29, 1.82) is 0 Å². The van der Waals surface area contributed by atoms with Gasteiger partial charge in [0.25, 0.3) is 11.6 Å². The topological polar surface area (TPSA) is 112 Å². The van der Waals surface area contributed by atoms with E-state index in [0.29, 0.717) is 33.8 Å². The van der Waals surface area contributed by atoms with E-state index in [1.165, 1.54) is 24.3 Å². The molecule has 4 rings (SSSR count). The third-order valence-corrected chi connectivity index (χ3v) is 5.13. The third kappa shape index (κ3) is 5.36. The van der Waals surface area contributed by atoms with E-state index in [4.69, 9.17) is 20.8 Å². The Morgan fingerprint density at radius 3 is 2.45 bits per heavy atom. The minimum atomic E-state index is -0.575. The van der Waals surface area contributed by atoms with Gasteiger partial charge >= 0.3 is 5.63 Å². The van der Waals surface area contributed by atoms with Crippen molar-refractivity contribution in [2.24, 2.45) is 0 Å². The van der Waals surface area contributed by atoms with Gasteiger partial charge in [0.1, 0.15) is 11.3 Å². The zero-order chi connectivity index (χ0) is 23.4. The van der Waals surface area contributed by atoms with Crippen molar-refractivity contribution in [3.63, 3.8) is 0 Å². The predicted octanol–water partition coefficient (Wildman–Crippen LogP) is 4.72. The number of nitro groups is 1. The fraction of sp³-hybridized carbons (Fsp3) is 0.0833. The smallest absolute Gasteiger partial charge is 0.336 e. The van der Waals surface area contributed by atoms with Crippen LogP contribution in [0.25, 0.3) is 22.1 Å². The van der Waals surface area contributed by atoms with E-state index in [2.05, 4.69) is 5.32 Å². The quantitative estimate of drug-likeness (QED) is 0.241. The largest absolute Gasteiger partial charge is 0.484 e. The van der Waals surface area contributed by atoms with Crippen LogP contribution in [0.2, 0.25) is 5.02 Å². The minimum Gasteiger partial charge on any atom is -0.484 e. The van der Waals surface area contributed by atoms with Gasteiger partial charge in [-0.1, -0.05) is 23.7 Å². The Labute approximate surface area is 192 Å². The number of halogens is 1. The number of nitrogens with zero attached hydrogens (tertiary/aromatic N) is 1. The van der Waals surface area contributed by atoms with Crippen molar-refractivity contribution >= 4 is 34.2 Å². The van der Waals surface area contributed by atoms with Gasteiger partial charge in [0, 0.05) is 41.2 Å². The number of nitro benzene ring substituents is 1. The monoisotopic (exact) mass is 464 g/mol. The lowest BCUT2D eigenvalue weighted by atomic mass is 10.0. The summed E-state index contributed by atoms with van der Waals surface area (Å²) in [6.07, 6.45) is 0. The molecule has 33 heavy (non-hydrogen) atoms. The molecule has 0 fully saturated rings. The SMILES string of the molecule is O=C(COc1ccc2c(-c3ccc([N+](=O)[O-])cc3)cc(=O)oc2c1)NCc1ccc(Cl)cc1. The van der Waals surface area contributed by atoms with Gasteiger partial charge in [-0.2, -0.15) is 0 Å². The van der Waals surface area contributed by atoms with E-state index in [1.54, 1.807) is 36.4 Å². The Morgan fingerprint density at radius 2 is 1.76 bits per heavy atom. The standard InChI is InChI=1S/C24H17ClN2O6/c25-17-5-1-15(2-6-17)13-26-23(28)14-32-19-9-10-20-21(12-24(29)33-22(20)11-19)16-3-7-18(8-4-16)27(30)31/h1-12H,13-14H2,(H,26,28). The number of carbonyl (C=O) groups is 1. The maximum Gasteiger partial charge on any atom is 0.336 e. The molecule has 1 N–H and O–H groups in total. The molecule has 0 aliphatic rings. The molecular formula is C24H17ClN2O6. The number of hydrogen-bond acceptors (Lipinski definition) is 6. The van der Waals surface area contributed by atoms with E-state index >= 15 is 0 Å². The summed E-state index contributed by atoms with van der Waals surface area (Å²) in [6, 6.07) is 19.2. The average molecular weight is 465 g/mol. The van der Waals surface area contributed by atoms with Gasteiger partial charge < -0.3 is 14.5 Å². The molecule has 1 heterocycles. The summed E-state index contributed by atoms with van der Waals surface area (Å²) in [5, 5.41) is 14.9. The van der Waals surface area contributed by atoms with Crippen LogP contribution in [0.4, 0.5) is 5.69 Å². The van der Waals surface area contributed by atoms with E-state index in [0.717, 1.165) is 5.56 Å². The molecule has 0 saturated heterocycles. The van der Waals surface area contributed by atoms with Crippen molar-refractivity contribution < 1.29 is 18.9 Å². The van der Waals surface area contributed by atoms with Gasteiger partial charge in [0.2, 0.25) is 0 Å². The summed E-state index contributed by atoms with van der Waals surface area (Å²) < 4.78 is 10.8. The van der Waals surface area contributed by atoms with Crippen LogP contribution >= 0.6 is 11.6 Å². The van der Waals surface area contributed by atoms with Crippen LogP contribution in [0.5, 0.6) is 5.75 Å². The van der Waals surface area contributed by atoms with E-state index in [1.807, 2.05) is 12.1 Å². The molecule has 1 aromatic heterocycles. The summed E-state index contributed by atoms with van der Waals surface area (Å²) >= 11 is 5.85. The Kier molecular flexibility index (Phi) is 6.37. The summed E-state index contributed by atoms with van der Waals surface area (Å²) in [7, 11) is 0. The van der Waals surface area contributed by atoms with Gasteiger partial charge in [-0.15, -0.1) is 0 Å². The molecule has 0 saturated carbocycles. The Morgan fingerprint density at radius 1 is 1.03 bits per heavy atom. The van der Waals surface area contributed by atoms with E-state index < -0.39 is 10.5 Å². The van der Waals surface area contributed by atoms with Gasteiger partial charge in [0.05, 0.1) is 4.92 Å². The number of hydrogen-bond donors (Lipinski definition) is 1. The number of fused-ring (bicyclic) bond motifs is 1. The maximum atomic E-state index is 12.1. The van der Waals surface area contributed by atoms with Crippen molar-refractivity contribution in [2.75, 3.05) is 6.61 Å². The highest BCUT2D eigenvalue weighted by Gasteiger charge is 2.12. The van der Waals surface area contributed by atoms with Crippen molar-refractivity contribution in [3.05, 3.63) is 104 Å². The summed E-state index contributed by atoms with van der Waals surface area (Å²) in [6.45, 7) is 0.121. The van der Waals surface area contributed by atoms with Gasteiger partial charge in [-0.05, 0) is 53.1 Å². The molecule has 9 heteroatoms. The summed E-state index contributed by atoms with van der Waals surface area (Å²) in [5.41, 5.74) is 1.76. The van der Waals surface area contributed by atoms with Crippen LogP contribution in [0.1, 0.15) is 5.56 Å². The highest BCUT2D eigenvalue weighted by molar-refractivity contribution is 6.30. The number of non-ortho nitro benzene ring substituents is 1. The van der Waals surface area contributed by atoms with Crippen LogP contribution in [0.3, 0.4) is 0 Å². The Bertz CT molecular complexity index is 1380. The molecule has 0 atom stereocenters. The Hall–Kier alpha value is -4.17. The zero-order valence-electron chi connectivity index (χ0n) is 17.1. The number of amides is 1. The van der Waals surface area contributed by atoms with Crippen LogP contribution in [0, 0.1) is 10.1 Å². The second kappa shape index (κ2) is 9.54. The normalized spacial score (nSPS) is 10.7. The molecule has 0 spiro atoms. The Balaban J connectivity index is 1.47. The first-order valence-corrected chi connectivity index (χ1v) is 10.2. The fourth-order valence-electron chi connectivity index (χ4n) is 3.24. The number of nitrogens with one attached hydrogen (secondary N) is 1. The first kappa shape index (κ1) is 22.0. The van der Waals surface area contributed by atoms with Crippen LogP contribution in [0.15, 0.2) is 82.0 Å². The van der Waals surface area contributed by atoms with Crippen molar-refractivity contribution in [2.45, 2.75) is 6.54 Å². The molecule has 0 aliphatic carbocycles. The number of ether oxygens (including phenoxy) is 1. The molecule has 0 aliphatic heterocycles. The van der Waals surface area contributed by atoms with E-state index in [9.17, 15) is 19.7 Å². The molecule has 0 bridgehead atoms. The lowest BCUT2D eigenvalue weighted by molar-refractivity contribution is -0.384. The van der Waals surface area contributed by atoms with Gasteiger partial charge in [0.15, 0.2) is 6.61 Å². The molecule has 4 aromatic rings. The molecule has 166 valence electrons. The number of rotatable bonds is 7. The summed E-state index contributed by atoms with van der Waals surface area (Å²) in [5.74, 6) is 0.0410. The highest BCUT2D eigenvalue weighted by atomic mass is 35.5. The van der Waals surface area contributed by atoms with Crippen LogP contribution in [-0.2, 0) is 11.3 Å². The summed E-state index contributed by atoms with van der Waals surface area (Å²) in [4.78, 5) is 34.6. The lowest BCUT2D eigenvalue weighted by Crippen LogP contribution is -2.28. The first-order chi connectivity index (χ1) is 15.9. The number of benzene rings is 3. The average Bonchev–Trinajstić information content (AvgIpc) is 2.81. The van der Waals surface area contributed by atoms with Crippen molar-refractivity contribution in [1.82, 2.24) is 5.32 Å². The zero-order valence-corrected chi connectivity index (χ0v) is 17.9. The third-order valence-electron chi connectivity index (χ3n) is 4.88. The predicted molar refractivity (Wildman–Crippen MR) is 123 cm³/mol. The van der Waals surface area contributed by atoms with Crippen molar-refractivity contribution in [3.8, 4) is 16.9 Å². The van der Waals surface area contributed by atoms with Crippen LogP contribution in [-0.4, -0.2) is 17.4 Å². The van der Waals surface area contributed by atoms with Crippen LogP contribution < -0.4 is 15.7 Å². The maximum absolute atomic E-state index is 12.1. The van der Waals surface area contributed by atoms with E-state index in [-0.39, 0.29) is 23.8 Å². The molecule has 0 radical (unpaired) electrons. The second-order valence-corrected chi connectivity index (χ2v) is 7.57. The molecule has 3 aromatic carbocycles. The molecule has 0 unspecified atom stereocenters.